The average molecular weight is 240 g/mol. The molecule has 17 heavy (non-hydrogen) atoms. The largest absolute Gasteiger partial charge is 0.372 e. The summed E-state index contributed by atoms with van der Waals surface area (Å²) in [5.41, 5.74) is 0. The first-order valence-corrected chi connectivity index (χ1v) is 7.32. The van der Waals surface area contributed by atoms with Crippen molar-refractivity contribution >= 4 is 0 Å². The van der Waals surface area contributed by atoms with Crippen molar-refractivity contribution in [3.05, 3.63) is 0 Å². The topological polar surface area (TPSA) is 24.5 Å². The Labute approximate surface area is 106 Å². The van der Waals surface area contributed by atoms with E-state index in [0.29, 0.717) is 12.2 Å². The highest BCUT2D eigenvalue weighted by Crippen LogP contribution is 2.27. The molecule has 0 aromatic heterocycles. The Morgan fingerprint density at radius 2 is 1.88 bits per heavy atom. The van der Waals surface area contributed by atoms with Gasteiger partial charge < -0.3 is 15.0 Å². The molecule has 3 nitrogen and oxygen atoms in total. The molecule has 2 aliphatic rings. The zero-order valence-corrected chi connectivity index (χ0v) is 11.5. The van der Waals surface area contributed by atoms with Gasteiger partial charge in [-0.15, -0.1) is 0 Å². The zero-order chi connectivity index (χ0) is 12.1. The van der Waals surface area contributed by atoms with E-state index in [1.54, 1.807) is 0 Å². The molecule has 2 rings (SSSR count). The summed E-state index contributed by atoms with van der Waals surface area (Å²) in [5, 5.41) is 3.38. The van der Waals surface area contributed by atoms with Crippen LogP contribution in [-0.4, -0.2) is 50.3 Å². The van der Waals surface area contributed by atoms with Crippen LogP contribution in [0, 0.1) is 5.92 Å². The summed E-state index contributed by atoms with van der Waals surface area (Å²) in [6.07, 6.45) is 7.74. The lowest BCUT2D eigenvalue weighted by atomic mass is 9.85. The predicted molar refractivity (Wildman–Crippen MR) is 71.3 cm³/mol. The van der Waals surface area contributed by atoms with Crippen molar-refractivity contribution in [2.75, 3.05) is 33.2 Å². The van der Waals surface area contributed by atoms with Crippen LogP contribution in [0.1, 0.15) is 39.0 Å². The Bertz CT molecular complexity index is 218. The molecule has 1 N–H and O–H groups in total. The van der Waals surface area contributed by atoms with Crippen LogP contribution in [0.4, 0.5) is 0 Å². The maximum atomic E-state index is 6.06. The molecule has 0 bridgehead atoms. The minimum atomic E-state index is 0.456. The normalized spacial score (nSPS) is 29.8. The van der Waals surface area contributed by atoms with Gasteiger partial charge in [-0.25, -0.2) is 0 Å². The van der Waals surface area contributed by atoms with Crippen LogP contribution >= 0.6 is 0 Å². The number of nitrogens with one attached hydrogen (secondary N) is 1. The van der Waals surface area contributed by atoms with Crippen LogP contribution in [0.25, 0.3) is 0 Å². The van der Waals surface area contributed by atoms with Gasteiger partial charge in [0.25, 0.3) is 0 Å². The van der Waals surface area contributed by atoms with Gasteiger partial charge in [-0.05, 0) is 45.2 Å². The van der Waals surface area contributed by atoms with Crippen LogP contribution in [0.15, 0.2) is 0 Å². The molecule has 2 unspecified atom stereocenters. The second kappa shape index (κ2) is 6.72. The van der Waals surface area contributed by atoms with Crippen molar-refractivity contribution in [3.63, 3.8) is 0 Å². The van der Waals surface area contributed by atoms with E-state index in [-0.39, 0.29) is 0 Å². The summed E-state index contributed by atoms with van der Waals surface area (Å²) in [7, 11) is 2.25. The van der Waals surface area contributed by atoms with Gasteiger partial charge in [0.15, 0.2) is 0 Å². The number of likely N-dealkylation sites (N-methyl/N-ethyl adjacent to an activating group) is 2. The van der Waals surface area contributed by atoms with E-state index in [1.807, 2.05) is 0 Å². The van der Waals surface area contributed by atoms with Gasteiger partial charge >= 0.3 is 0 Å². The summed E-state index contributed by atoms with van der Waals surface area (Å²) >= 11 is 0. The highest BCUT2D eigenvalue weighted by molar-refractivity contribution is 4.79. The molecule has 1 aliphatic carbocycles. The fourth-order valence-electron chi connectivity index (χ4n) is 2.91. The molecule has 1 heterocycles. The number of hydrogen-bond donors (Lipinski definition) is 1. The minimum Gasteiger partial charge on any atom is -0.372 e. The van der Waals surface area contributed by atoms with Crippen molar-refractivity contribution in [2.24, 2.45) is 5.92 Å². The summed E-state index contributed by atoms with van der Waals surface area (Å²) in [6.45, 7) is 6.63. The lowest BCUT2D eigenvalue weighted by molar-refractivity contribution is 0.0235. The van der Waals surface area contributed by atoms with E-state index in [4.69, 9.17) is 4.74 Å². The lowest BCUT2D eigenvalue weighted by Gasteiger charge is -2.31. The summed E-state index contributed by atoms with van der Waals surface area (Å²) < 4.78 is 6.06. The molecule has 0 amide bonds. The first-order valence-electron chi connectivity index (χ1n) is 7.32. The van der Waals surface area contributed by atoms with Gasteiger partial charge in [0.1, 0.15) is 0 Å². The Morgan fingerprint density at radius 1 is 1.12 bits per heavy atom. The molecule has 1 saturated heterocycles. The Hall–Kier alpha value is -0.120. The summed E-state index contributed by atoms with van der Waals surface area (Å²) in [4.78, 5) is 2.48. The third-order valence-corrected chi connectivity index (χ3v) is 4.13. The van der Waals surface area contributed by atoms with Crippen molar-refractivity contribution in [3.8, 4) is 0 Å². The van der Waals surface area contributed by atoms with E-state index in [0.717, 1.165) is 25.6 Å². The molecule has 0 aromatic rings. The first-order chi connectivity index (χ1) is 8.28. The molecule has 2 fully saturated rings. The summed E-state index contributed by atoms with van der Waals surface area (Å²) in [5.74, 6) is 0.971. The molecule has 0 aromatic carbocycles. The molecule has 1 saturated carbocycles. The Balaban J connectivity index is 1.59. The second-order valence-electron chi connectivity index (χ2n) is 5.78. The average Bonchev–Trinajstić information content (AvgIpc) is 2.68. The number of hydrogen-bond acceptors (Lipinski definition) is 3. The van der Waals surface area contributed by atoms with E-state index in [1.165, 1.54) is 38.6 Å². The monoisotopic (exact) mass is 240 g/mol. The van der Waals surface area contributed by atoms with E-state index in [9.17, 15) is 0 Å². The number of ether oxygens (including phenoxy) is 1. The van der Waals surface area contributed by atoms with Crippen molar-refractivity contribution < 1.29 is 4.74 Å². The lowest BCUT2D eigenvalue weighted by Crippen LogP contribution is -2.36. The first kappa shape index (κ1) is 13.3. The molecule has 2 atom stereocenters. The maximum Gasteiger partial charge on any atom is 0.0707 e. The van der Waals surface area contributed by atoms with Gasteiger partial charge in [-0.1, -0.05) is 13.3 Å². The van der Waals surface area contributed by atoms with Crippen molar-refractivity contribution in [2.45, 2.75) is 51.2 Å². The van der Waals surface area contributed by atoms with Gasteiger partial charge in [0.2, 0.25) is 0 Å². The third kappa shape index (κ3) is 4.23. The van der Waals surface area contributed by atoms with Crippen molar-refractivity contribution in [1.82, 2.24) is 10.2 Å². The van der Waals surface area contributed by atoms with Gasteiger partial charge in [-0.3, -0.25) is 0 Å². The number of rotatable bonds is 7. The number of nitrogens with zero attached hydrogens (tertiary/aromatic N) is 1. The van der Waals surface area contributed by atoms with E-state index in [2.05, 4.69) is 24.2 Å². The van der Waals surface area contributed by atoms with Gasteiger partial charge in [0.05, 0.1) is 12.2 Å². The van der Waals surface area contributed by atoms with Crippen LogP contribution in [0.5, 0.6) is 0 Å². The molecular weight excluding hydrogens is 212 g/mol. The second-order valence-corrected chi connectivity index (χ2v) is 5.78. The highest BCUT2D eigenvalue weighted by Gasteiger charge is 2.27. The van der Waals surface area contributed by atoms with E-state index < -0.39 is 0 Å². The molecule has 0 radical (unpaired) electrons. The molecule has 3 heteroatoms. The smallest absolute Gasteiger partial charge is 0.0707 e. The fraction of sp³-hybridized carbons (Fsp3) is 1.00. The molecule has 0 spiro atoms. The Morgan fingerprint density at radius 3 is 2.53 bits per heavy atom. The Kier molecular flexibility index (Phi) is 5.26. The van der Waals surface area contributed by atoms with Gasteiger partial charge in [-0.2, -0.15) is 0 Å². The SMILES string of the molecule is CCNCC1CCC(CN(C)CC2CCC2)O1. The zero-order valence-electron chi connectivity index (χ0n) is 11.5. The van der Waals surface area contributed by atoms with Crippen LogP contribution < -0.4 is 5.32 Å². The molecular formula is C14H28N2O. The molecule has 1 aliphatic heterocycles. The summed E-state index contributed by atoms with van der Waals surface area (Å²) in [6, 6.07) is 0. The van der Waals surface area contributed by atoms with Crippen LogP contribution in [0.2, 0.25) is 0 Å². The highest BCUT2D eigenvalue weighted by atomic mass is 16.5. The predicted octanol–water partition coefficient (Wildman–Crippen LogP) is 1.88. The van der Waals surface area contributed by atoms with Gasteiger partial charge in [0, 0.05) is 19.6 Å². The quantitative estimate of drug-likeness (QED) is 0.735. The molecule has 100 valence electrons. The van der Waals surface area contributed by atoms with Crippen LogP contribution in [0.3, 0.4) is 0 Å². The fourth-order valence-corrected chi connectivity index (χ4v) is 2.91. The third-order valence-electron chi connectivity index (χ3n) is 4.13. The van der Waals surface area contributed by atoms with E-state index >= 15 is 0 Å². The van der Waals surface area contributed by atoms with Crippen LogP contribution in [-0.2, 0) is 4.74 Å². The maximum absolute atomic E-state index is 6.06. The minimum absolute atomic E-state index is 0.456. The standard InChI is InChI=1S/C14H28N2O/c1-3-15-9-13-7-8-14(17-13)11-16(2)10-12-5-4-6-12/h12-15H,3-11H2,1-2H3. The van der Waals surface area contributed by atoms with Crippen molar-refractivity contribution in [1.29, 1.82) is 0 Å².